The molecule has 0 aliphatic heterocycles. The minimum absolute atomic E-state index is 0.0942. The van der Waals surface area contributed by atoms with Crippen LogP contribution in [0.25, 0.3) is 11.1 Å². The van der Waals surface area contributed by atoms with Crippen molar-refractivity contribution in [3.63, 3.8) is 0 Å². The highest BCUT2D eigenvalue weighted by atomic mass is 19.1. The van der Waals surface area contributed by atoms with Crippen LogP contribution in [0.1, 0.15) is 35.1 Å². The van der Waals surface area contributed by atoms with Gasteiger partial charge >= 0.3 is 12.1 Å². The highest BCUT2D eigenvalue weighted by molar-refractivity contribution is 5.79. The molecule has 5 nitrogen and oxygen atoms in total. The van der Waals surface area contributed by atoms with Crippen molar-refractivity contribution < 1.29 is 23.8 Å². The van der Waals surface area contributed by atoms with Crippen LogP contribution in [0.5, 0.6) is 0 Å². The van der Waals surface area contributed by atoms with Crippen molar-refractivity contribution in [2.75, 3.05) is 6.61 Å². The number of carboxylic acids is 1. The average Bonchev–Trinajstić information content (AvgIpc) is 3.06. The topological polar surface area (TPSA) is 75.6 Å². The predicted octanol–water partition coefficient (Wildman–Crippen LogP) is 4.88. The smallest absolute Gasteiger partial charge is 0.407 e. The molecule has 0 spiro atoms. The molecule has 1 aliphatic rings. The van der Waals surface area contributed by atoms with E-state index >= 15 is 0 Å². The van der Waals surface area contributed by atoms with Crippen molar-refractivity contribution in [3.8, 4) is 11.1 Å². The van der Waals surface area contributed by atoms with Gasteiger partial charge in [0.25, 0.3) is 0 Å². The number of benzene rings is 3. The Morgan fingerprint density at radius 1 is 0.933 bits per heavy atom. The maximum Gasteiger partial charge on any atom is 0.407 e. The Labute approximate surface area is 173 Å². The lowest BCUT2D eigenvalue weighted by Gasteiger charge is -2.19. The SMILES string of the molecule is O=C(O)CC(NC(=O)OCC1c2ccccc2-c2ccccc21)c1ccccc1F. The standard InChI is InChI=1S/C24H20FNO4/c25-21-12-6-5-11-19(21)22(13-23(27)28)26-24(29)30-14-20-17-9-3-1-7-15(17)16-8-2-4-10-18(16)20/h1-12,20,22H,13-14H2,(H,26,29)(H,27,28). The zero-order valence-electron chi connectivity index (χ0n) is 16.0. The molecule has 0 saturated carbocycles. The lowest BCUT2D eigenvalue weighted by molar-refractivity contribution is -0.137. The lowest BCUT2D eigenvalue weighted by Crippen LogP contribution is -2.32. The van der Waals surface area contributed by atoms with E-state index in [9.17, 15) is 14.0 Å². The minimum atomic E-state index is -1.15. The van der Waals surface area contributed by atoms with Gasteiger partial charge in [0.2, 0.25) is 0 Å². The van der Waals surface area contributed by atoms with Crippen LogP contribution in [-0.2, 0) is 9.53 Å². The van der Waals surface area contributed by atoms with Gasteiger partial charge in [0.1, 0.15) is 12.4 Å². The zero-order valence-corrected chi connectivity index (χ0v) is 16.0. The minimum Gasteiger partial charge on any atom is -0.481 e. The van der Waals surface area contributed by atoms with E-state index in [1.54, 1.807) is 6.07 Å². The molecule has 3 aromatic carbocycles. The van der Waals surface area contributed by atoms with Gasteiger partial charge in [0.05, 0.1) is 12.5 Å². The summed E-state index contributed by atoms with van der Waals surface area (Å²) in [6.07, 6.45) is -1.24. The number of hydrogen-bond acceptors (Lipinski definition) is 3. The second-order valence-electron chi connectivity index (χ2n) is 7.14. The first-order chi connectivity index (χ1) is 14.5. The third-order valence-electron chi connectivity index (χ3n) is 5.30. The summed E-state index contributed by atoms with van der Waals surface area (Å²) in [5.41, 5.74) is 4.47. The second kappa shape index (κ2) is 8.37. The summed E-state index contributed by atoms with van der Waals surface area (Å²) in [4.78, 5) is 23.7. The largest absolute Gasteiger partial charge is 0.481 e. The Hall–Kier alpha value is -3.67. The van der Waals surface area contributed by atoms with Gasteiger partial charge in [0, 0.05) is 11.5 Å². The summed E-state index contributed by atoms with van der Waals surface area (Å²) in [5.74, 6) is -1.85. The summed E-state index contributed by atoms with van der Waals surface area (Å²) < 4.78 is 19.6. The number of alkyl carbamates (subject to hydrolysis) is 1. The summed E-state index contributed by atoms with van der Waals surface area (Å²) in [6, 6.07) is 20.7. The van der Waals surface area contributed by atoms with E-state index in [0.717, 1.165) is 22.3 Å². The van der Waals surface area contributed by atoms with Crippen LogP contribution in [0.2, 0.25) is 0 Å². The fourth-order valence-corrected chi connectivity index (χ4v) is 3.95. The van der Waals surface area contributed by atoms with Crippen LogP contribution in [-0.4, -0.2) is 23.8 Å². The highest BCUT2D eigenvalue weighted by Gasteiger charge is 2.29. The maximum atomic E-state index is 14.1. The van der Waals surface area contributed by atoms with Crippen molar-refractivity contribution in [1.82, 2.24) is 5.32 Å². The molecule has 1 unspecified atom stereocenters. The molecule has 1 aliphatic carbocycles. The van der Waals surface area contributed by atoms with E-state index in [0.29, 0.717) is 0 Å². The predicted molar refractivity (Wildman–Crippen MR) is 110 cm³/mol. The fourth-order valence-electron chi connectivity index (χ4n) is 3.95. The van der Waals surface area contributed by atoms with Gasteiger partial charge in [-0.05, 0) is 28.3 Å². The molecule has 0 bridgehead atoms. The van der Waals surface area contributed by atoms with Crippen molar-refractivity contribution in [3.05, 3.63) is 95.3 Å². The van der Waals surface area contributed by atoms with Crippen LogP contribution >= 0.6 is 0 Å². The van der Waals surface area contributed by atoms with Gasteiger partial charge in [-0.3, -0.25) is 4.79 Å². The molecule has 3 aromatic rings. The number of ether oxygens (including phenoxy) is 1. The Morgan fingerprint density at radius 2 is 1.50 bits per heavy atom. The van der Waals surface area contributed by atoms with Crippen LogP contribution in [0.15, 0.2) is 72.8 Å². The number of halogens is 1. The molecular weight excluding hydrogens is 385 g/mol. The molecule has 0 aromatic heterocycles. The molecule has 1 atom stereocenters. The Balaban J connectivity index is 1.49. The number of amides is 1. The Kier molecular flexibility index (Phi) is 5.48. The summed E-state index contributed by atoms with van der Waals surface area (Å²) in [7, 11) is 0. The number of carbonyl (C=O) groups is 2. The van der Waals surface area contributed by atoms with Gasteiger partial charge < -0.3 is 15.2 Å². The van der Waals surface area contributed by atoms with E-state index in [1.165, 1.54) is 18.2 Å². The number of aliphatic carboxylic acids is 1. The highest BCUT2D eigenvalue weighted by Crippen LogP contribution is 2.44. The van der Waals surface area contributed by atoms with E-state index in [2.05, 4.69) is 5.32 Å². The van der Waals surface area contributed by atoms with E-state index in [-0.39, 0.29) is 18.1 Å². The molecule has 6 heteroatoms. The van der Waals surface area contributed by atoms with Gasteiger partial charge in [0.15, 0.2) is 0 Å². The van der Waals surface area contributed by atoms with Crippen molar-refractivity contribution >= 4 is 12.1 Å². The van der Waals surface area contributed by atoms with Crippen LogP contribution < -0.4 is 5.32 Å². The summed E-state index contributed by atoms with van der Waals surface area (Å²) in [6.45, 7) is 0.0942. The third-order valence-corrected chi connectivity index (χ3v) is 5.30. The van der Waals surface area contributed by atoms with Gasteiger partial charge in [-0.25, -0.2) is 9.18 Å². The lowest BCUT2D eigenvalue weighted by atomic mass is 9.98. The second-order valence-corrected chi connectivity index (χ2v) is 7.14. The molecular formula is C24H20FNO4. The van der Waals surface area contributed by atoms with E-state index < -0.39 is 30.3 Å². The average molecular weight is 405 g/mol. The fraction of sp³-hybridized carbons (Fsp3) is 0.167. The number of nitrogens with one attached hydrogen (secondary N) is 1. The number of fused-ring (bicyclic) bond motifs is 3. The van der Waals surface area contributed by atoms with Gasteiger partial charge in [-0.1, -0.05) is 66.7 Å². The van der Waals surface area contributed by atoms with Gasteiger partial charge in [-0.2, -0.15) is 0 Å². The molecule has 0 fully saturated rings. The first-order valence-electron chi connectivity index (χ1n) is 9.62. The monoisotopic (exact) mass is 405 g/mol. The molecule has 0 radical (unpaired) electrons. The quantitative estimate of drug-likeness (QED) is 0.613. The first kappa shape index (κ1) is 19.6. The van der Waals surface area contributed by atoms with Crippen LogP contribution in [0, 0.1) is 5.82 Å². The Morgan fingerprint density at radius 3 is 2.10 bits per heavy atom. The normalized spacial score (nSPS) is 13.2. The molecule has 0 saturated heterocycles. The van der Waals surface area contributed by atoms with E-state index in [4.69, 9.17) is 9.84 Å². The van der Waals surface area contributed by atoms with Crippen molar-refractivity contribution in [2.24, 2.45) is 0 Å². The number of carbonyl (C=O) groups excluding carboxylic acids is 1. The number of carboxylic acid groups (broad SMARTS) is 1. The van der Waals surface area contributed by atoms with Crippen LogP contribution in [0.3, 0.4) is 0 Å². The van der Waals surface area contributed by atoms with Crippen molar-refractivity contribution in [1.29, 1.82) is 0 Å². The number of hydrogen-bond donors (Lipinski definition) is 2. The molecule has 0 heterocycles. The molecule has 4 rings (SSSR count). The maximum absolute atomic E-state index is 14.1. The van der Waals surface area contributed by atoms with E-state index in [1.807, 2.05) is 48.5 Å². The van der Waals surface area contributed by atoms with Crippen LogP contribution in [0.4, 0.5) is 9.18 Å². The summed E-state index contributed by atoms with van der Waals surface area (Å²) in [5, 5.41) is 11.7. The summed E-state index contributed by atoms with van der Waals surface area (Å²) >= 11 is 0. The van der Waals surface area contributed by atoms with Gasteiger partial charge in [-0.15, -0.1) is 0 Å². The molecule has 152 valence electrons. The third kappa shape index (κ3) is 3.89. The number of rotatable bonds is 6. The molecule has 30 heavy (non-hydrogen) atoms. The Bertz CT molecular complexity index is 1050. The molecule has 2 N–H and O–H groups in total. The van der Waals surface area contributed by atoms with Crippen molar-refractivity contribution in [2.45, 2.75) is 18.4 Å². The molecule has 1 amide bonds. The zero-order chi connectivity index (χ0) is 21.1. The first-order valence-corrected chi connectivity index (χ1v) is 9.62.